The largest absolute Gasteiger partial charge is 0.507 e. The molecule has 0 spiro atoms. The topological polar surface area (TPSA) is 100 Å². The minimum atomic E-state index is -0.829. The summed E-state index contributed by atoms with van der Waals surface area (Å²) in [4.78, 5) is 13.4. The van der Waals surface area contributed by atoms with Crippen molar-refractivity contribution < 1.29 is 28.9 Å². The summed E-state index contributed by atoms with van der Waals surface area (Å²) in [6, 6.07) is 3.48. The fourth-order valence-corrected chi connectivity index (χ4v) is 3.52. The molecule has 0 aliphatic carbocycles. The molecule has 0 fully saturated rings. The van der Waals surface area contributed by atoms with Crippen LogP contribution in [0.2, 0.25) is 0 Å². The van der Waals surface area contributed by atoms with E-state index in [4.69, 9.17) is 9.15 Å². The molecule has 2 aromatic carbocycles. The molecular weight excluding hydrogens is 427 g/mol. The SMILES string of the molecule is COc1c(-c2ccc(F)c(O)c2)oc2c(CC=C(C)C)c(O)c(CC=C(C)C)c(O)c2c1=O. The Morgan fingerprint density at radius 1 is 1.00 bits per heavy atom. The first kappa shape index (κ1) is 23.9. The number of fused-ring (bicyclic) bond motifs is 1. The summed E-state index contributed by atoms with van der Waals surface area (Å²) in [5.41, 5.74) is 2.05. The fourth-order valence-electron chi connectivity index (χ4n) is 3.52. The lowest BCUT2D eigenvalue weighted by atomic mass is 9.96. The van der Waals surface area contributed by atoms with Gasteiger partial charge in [0.15, 0.2) is 17.3 Å². The lowest BCUT2D eigenvalue weighted by Gasteiger charge is -2.16. The first-order valence-corrected chi connectivity index (χ1v) is 10.4. The van der Waals surface area contributed by atoms with E-state index in [2.05, 4.69) is 0 Å². The summed E-state index contributed by atoms with van der Waals surface area (Å²) in [6.45, 7) is 7.58. The molecule has 0 aliphatic rings. The number of methoxy groups -OCH3 is 1. The Balaban J connectivity index is 2.47. The third-order valence-corrected chi connectivity index (χ3v) is 5.28. The van der Waals surface area contributed by atoms with Crippen LogP contribution < -0.4 is 10.2 Å². The third-order valence-electron chi connectivity index (χ3n) is 5.28. The summed E-state index contributed by atoms with van der Waals surface area (Å²) in [6.07, 6.45) is 4.16. The van der Waals surface area contributed by atoms with Crippen LogP contribution in [0.4, 0.5) is 4.39 Å². The normalized spacial score (nSPS) is 10.8. The van der Waals surface area contributed by atoms with Crippen molar-refractivity contribution in [2.45, 2.75) is 40.5 Å². The van der Waals surface area contributed by atoms with Crippen LogP contribution in [-0.2, 0) is 12.8 Å². The minimum absolute atomic E-state index is 0.00642. The highest BCUT2D eigenvalue weighted by Gasteiger charge is 2.26. The summed E-state index contributed by atoms with van der Waals surface area (Å²) >= 11 is 0. The fraction of sp³-hybridized carbons (Fsp3) is 0.269. The van der Waals surface area contributed by atoms with Crippen LogP contribution in [0.15, 0.2) is 50.7 Å². The number of allylic oxidation sites excluding steroid dienone is 4. The first-order valence-electron chi connectivity index (χ1n) is 10.4. The second kappa shape index (κ2) is 9.40. The van der Waals surface area contributed by atoms with E-state index in [0.29, 0.717) is 5.56 Å². The van der Waals surface area contributed by atoms with Crippen molar-refractivity contribution >= 4 is 11.0 Å². The molecule has 33 heavy (non-hydrogen) atoms. The second-order valence-corrected chi connectivity index (χ2v) is 8.29. The summed E-state index contributed by atoms with van der Waals surface area (Å²) < 4.78 is 24.9. The number of ether oxygens (including phenoxy) is 1. The number of hydrogen-bond acceptors (Lipinski definition) is 6. The molecular formula is C26H27FO6. The summed E-state index contributed by atoms with van der Waals surface area (Å²) in [5.74, 6) is -2.28. The van der Waals surface area contributed by atoms with Crippen LogP contribution in [-0.4, -0.2) is 22.4 Å². The number of halogens is 1. The molecule has 1 heterocycles. The quantitative estimate of drug-likeness (QED) is 0.411. The van der Waals surface area contributed by atoms with E-state index >= 15 is 0 Å². The Morgan fingerprint density at radius 3 is 2.15 bits per heavy atom. The molecule has 0 radical (unpaired) electrons. The molecule has 0 aliphatic heterocycles. The number of rotatable bonds is 6. The molecule has 7 heteroatoms. The molecule has 3 rings (SSSR count). The molecule has 0 bridgehead atoms. The van der Waals surface area contributed by atoms with Crippen molar-refractivity contribution in [3.8, 4) is 34.3 Å². The Bertz CT molecular complexity index is 1340. The van der Waals surface area contributed by atoms with Crippen LogP contribution in [0.25, 0.3) is 22.3 Å². The van der Waals surface area contributed by atoms with Gasteiger partial charge in [-0.25, -0.2) is 4.39 Å². The molecule has 6 nitrogen and oxygen atoms in total. The van der Waals surface area contributed by atoms with Gasteiger partial charge in [0.1, 0.15) is 22.5 Å². The van der Waals surface area contributed by atoms with Crippen molar-refractivity contribution in [2.75, 3.05) is 7.11 Å². The molecule has 0 atom stereocenters. The lowest BCUT2D eigenvalue weighted by molar-refractivity contribution is 0.395. The van der Waals surface area contributed by atoms with E-state index < -0.39 is 17.0 Å². The van der Waals surface area contributed by atoms with Gasteiger partial charge in [-0.2, -0.15) is 0 Å². The second-order valence-electron chi connectivity index (χ2n) is 8.29. The lowest BCUT2D eigenvalue weighted by Crippen LogP contribution is -2.10. The Labute approximate surface area is 190 Å². The average Bonchev–Trinajstić information content (AvgIpc) is 2.74. The van der Waals surface area contributed by atoms with Gasteiger partial charge in [-0.3, -0.25) is 4.79 Å². The minimum Gasteiger partial charge on any atom is -0.507 e. The maximum absolute atomic E-state index is 13.6. The number of aromatic hydroxyl groups is 3. The molecule has 0 saturated heterocycles. The third kappa shape index (κ3) is 4.58. The van der Waals surface area contributed by atoms with Crippen molar-refractivity contribution in [3.63, 3.8) is 0 Å². The van der Waals surface area contributed by atoms with E-state index in [1.54, 1.807) is 0 Å². The molecule has 0 saturated carbocycles. The highest BCUT2D eigenvalue weighted by molar-refractivity contribution is 5.93. The van der Waals surface area contributed by atoms with Crippen molar-refractivity contribution in [1.29, 1.82) is 0 Å². The van der Waals surface area contributed by atoms with Gasteiger partial charge in [-0.1, -0.05) is 23.3 Å². The van der Waals surface area contributed by atoms with Crippen molar-refractivity contribution in [2.24, 2.45) is 0 Å². The zero-order valence-electron chi connectivity index (χ0n) is 19.2. The number of hydrogen-bond donors (Lipinski definition) is 3. The van der Waals surface area contributed by atoms with Crippen molar-refractivity contribution in [1.82, 2.24) is 0 Å². The molecule has 3 aromatic rings. The highest BCUT2D eigenvalue weighted by Crippen LogP contribution is 2.43. The van der Waals surface area contributed by atoms with Gasteiger partial charge < -0.3 is 24.5 Å². The van der Waals surface area contributed by atoms with Gasteiger partial charge in [0, 0.05) is 16.7 Å². The van der Waals surface area contributed by atoms with E-state index in [9.17, 15) is 24.5 Å². The van der Waals surface area contributed by atoms with Crippen LogP contribution >= 0.6 is 0 Å². The van der Waals surface area contributed by atoms with Crippen LogP contribution in [0, 0.1) is 5.82 Å². The van der Waals surface area contributed by atoms with Crippen LogP contribution in [0.3, 0.4) is 0 Å². The van der Waals surface area contributed by atoms with E-state index in [1.807, 2.05) is 39.8 Å². The standard InChI is InChI=1S/C26H27FO6/c1-13(2)6-9-16-21(29)17(10-7-14(3)4)25-20(22(16)30)23(31)26(32-5)24(33-25)15-8-11-18(27)19(28)12-15/h6-8,11-12,28-30H,9-10H2,1-5H3. The zero-order valence-corrected chi connectivity index (χ0v) is 19.2. The van der Waals surface area contributed by atoms with Gasteiger partial charge in [0.2, 0.25) is 11.2 Å². The van der Waals surface area contributed by atoms with Crippen LogP contribution in [0.5, 0.6) is 23.0 Å². The summed E-state index contributed by atoms with van der Waals surface area (Å²) in [7, 11) is 1.27. The van der Waals surface area contributed by atoms with Crippen molar-refractivity contribution in [3.05, 3.63) is 68.7 Å². The Morgan fingerprint density at radius 2 is 1.61 bits per heavy atom. The van der Waals surface area contributed by atoms with E-state index in [0.717, 1.165) is 23.3 Å². The maximum atomic E-state index is 13.6. The zero-order chi connectivity index (χ0) is 24.4. The molecule has 174 valence electrons. The average molecular weight is 454 g/mol. The maximum Gasteiger partial charge on any atom is 0.239 e. The van der Waals surface area contributed by atoms with E-state index in [-0.39, 0.29) is 57.9 Å². The molecule has 0 unspecified atom stereocenters. The Kier molecular flexibility index (Phi) is 6.81. The molecule has 1 aromatic heterocycles. The molecule has 0 amide bonds. The van der Waals surface area contributed by atoms with Gasteiger partial charge in [0.05, 0.1) is 7.11 Å². The predicted molar refractivity (Wildman–Crippen MR) is 126 cm³/mol. The highest BCUT2D eigenvalue weighted by atomic mass is 19.1. The van der Waals surface area contributed by atoms with Gasteiger partial charge in [-0.15, -0.1) is 0 Å². The van der Waals surface area contributed by atoms with Gasteiger partial charge >= 0.3 is 0 Å². The number of phenolic OH excluding ortho intramolecular Hbond substituents is 3. The number of phenols is 3. The first-order chi connectivity index (χ1) is 15.6. The van der Waals surface area contributed by atoms with E-state index in [1.165, 1.54) is 13.2 Å². The summed E-state index contributed by atoms with van der Waals surface area (Å²) in [5, 5.41) is 31.7. The Hall–Kier alpha value is -3.74. The van der Waals surface area contributed by atoms with Gasteiger partial charge in [-0.05, 0) is 58.7 Å². The monoisotopic (exact) mass is 454 g/mol. The molecule has 3 N–H and O–H groups in total. The smallest absolute Gasteiger partial charge is 0.239 e. The van der Waals surface area contributed by atoms with Crippen LogP contribution in [0.1, 0.15) is 38.8 Å². The number of benzene rings is 2. The van der Waals surface area contributed by atoms with Gasteiger partial charge in [0.25, 0.3) is 0 Å². The predicted octanol–water partition coefficient (Wildman–Crippen LogP) is 5.74.